The van der Waals surface area contributed by atoms with Crippen molar-refractivity contribution in [3.63, 3.8) is 0 Å². The van der Waals surface area contributed by atoms with Crippen molar-refractivity contribution in [3.05, 3.63) is 99.5 Å². The first kappa shape index (κ1) is 33.1. The van der Waals surface area contributed by atoms with Crippen molar-refractivity contribution in [1.29, 1.82) is 0 Å². The van der Waals surface area contributed by atoms with Crippen LogP contribution >= 0.6 is 23.2 Å². The summed E-state index contributed by atoms with van der Waals surface area (Å²) < 4.78 is 26.8. The summed E-state index contributed by atoms with van der Waals surface area (Å²) in [6.45, 7) is 4.50. The monoisotopic (exact) mass is 631 g/mol. The standard InChI is InChI=1S/C31H35Cl2N3O5S/c1-5-21(2)34-31(39)29(16-23-10-7-6-8-11-23)35(19-25-14-15-26(32)18-28(25)33)30(38)20-36(42(4,40)41)27-13-9-12-24(17-27)22(3)37/h6-15,17-18,21,29H,5,16,19-20H2,1-4H3,(H,34,39)/t21-,29+/m1/s1. The third-order valence-electron chi connectivity index (χ3n) is 6.85. The lowest BCUT2D eigenvalue weighted by Gasteiger charge is -2.34. The summed E-state index contributed by atoms with van der Waals surface area (Å²) in [5.41, 5.74) is 1.81. The van der Waals surface area contributed by atoms with Gasteiger partial charge in [-0.1, -0.05) is 78.7 Å². The van der Waals surface area contributed by atoms with Crippen molar-refractivity contribution in [2.24, 2.45) is 0 Å². The van der Waals surface area contributed by atoms with Gasteiger partial charge in [-0.3, -0.25) is 18.7 Å². The van der Waals surface area contributed by atoms with Crippen LogP contribution in [-0.2, 0) is 32.6 Å². The van der Waals surface area contributed by atoms with Gasteiger partial charge in [0, 0.05) is 34.6 Å². The summed E-state index contributed by atoms with van der Waals surface area (Å²) >= 11 is 12.6. The Morgan fingerprint density at radius 1 is 0.952 bits per heavy atom. The van der Waals surface area contributed by atoms with E-state index in [0.29, 0.717) is 27.6 Å². The SMILES string of the molecule is CC[C@@H](C)NC(=O)[C@H](Cc1ccccc1)N(Cc1ccc(Cl)cc1Cl)C(=O)CN(c1cccc(C(C)=O)c1)S(C)(=O)=O. The molecule has 0 aliphatic rings. The molecule has 0 bridgehead atoms. The van der Waals surface area contributed by atoms with Gasteiger partial charge in [0.2, 0.25) is 21.8 Å². The molecule has 0 aliphatic heterocycles. The number of halogens is 2. The Kier molecular flexibility index (Phi) is 11.6. The average molecular weight is 633 g/mol. The predicted molar refractivity (Wildman–Crippen MR) is 167 cm³/mol. The molecular formula is C31H35Cl2N3O5S. The predicted octanol–water partition coefficient (Wildman–Crippen LogP) is 5.52. The van der Waals surface area contributed by atoms with E-state index >= 15 is 0 Å². The molecule has 0 saturated heterocycles. The Morgan fingerprint density at radius 3 is 2.24 bits per heavy atom. The lowest BCUT2D eigenvalue weighted by molar-refractivity contribution is -0.140. The fraction of sp³-hybridized carbons (Fsp3) is 0.323. The number of nitrogens with zero attached hydrogens (tertiary/aromatic N) is 2. The molecule has 2 atom stereocenters. The minimum atomic E-state index is -3.97. The zero-order chi connectivity index (χ0) is 31.0. The number of rotatable bonds is 13. The van der Waals surface area contributed by atoms with E-state index < -0.39 is 28.5 Å². The first-order chi connectivity index (χ1) is 19.8. The van der Waals surface area contributed by atoms with Crippen molar-refractivity contribution in [1.82, 2.24) is 10.2 Å². The second-order valence-corrected chi connectivity index (χ2v) is 12.9. The zero-order valence-electron chi connectivity index (χ0n) is 24.0. The van der Waals surface area contributed by atoms with Crippen LogP contribution in [0.5, 0.6) is 0 Å². The molecule has 11 heteroatoms. The van der Waals surface area contributed by atoms with Gasteiger partial charge in [0.1, 0.15) is 12.6 Å². The molecule has 3 aromatic carbocycles. The average Bonchev–Trinajstić information content (AvgIpc) is 2.94. The molecule has 8 nitrogen and oxygen atoms in total. The molecule has 3 rings (SSSR count). The first-order valence-electron chi connectivity index (χ1n) is 13.5. The van der Waals surface area contributed by atoms with Gasteiger partial charge in [-0.05, 0) is 55.7 Å². The lowest BCUT2D eigenvalue weighted by atomic mass is 10.0. The number of ketones is 1. The van der Waals surface area contributed by atoms with E-state index in [9.17, 15) is 22.8 Å². The number of Topliss-reactive ketones (excluding diaryl/α,β-unsaturated/α-hetero) is 1. The third kappa shape index (κ3) is 9.05. The van der Waals surface area contributed by atoms with E-state index in [4.69, 9.17) is 23.2 Å². The molecular weight excluding hydrogens is 597 g/mol. The summed E-state index contributed by atoms with van der Waals surface area (Å²) in [5, 5.41) is 3.68. The minimum Gasteiger partial charge on any atom is -0.352 e. The number of benzene rings is 3. The molecule has 1 N–H and O–H groups in total. The van der Waals surface area contributed by atoms with Crippen molar-refractivity contribution >= 4 is 56.5 Å². The highest BCUT2D eigenvalue weighted by Gasteiger charge is 2.34. The molecule has 0 aromatic heterocycles. The van der Waals surface area contributed by atoms with Crippen molar-refractivity contribution < 1.29 is 22.8 Å². The first-order valence-corrected chi connectivity index (χ1v) is 16.1. The smallest absolute Gasteiger partial charge is 0.244 e. The van der Waals surface area contributed by atoms with Gasteiger partial charge in [-0.15, -0.1) is 0 Å². The van der Waals surface area contributed by atoms with Crippen LogP contribution in [0.15, 0.2) is 72.8 Å². The van der Waals surface area contributed by atoms with Crippen LogP contribution in [0.2, 0.25) is 10.0 Å². The minimum absolute atomic E-state index is 0.0780. The van der Waals surface area contributed by atoms with Crippen LogP contribution in [0.4, 0.5) is 5.69 Å². The normalized spacial score (nSPS) is 12.7. The third-order valence-corrected chi connectivity index (χ3v) is 8.58. The summed E-state index contributed by atoms with van der Waals surface area (Å²) in [7, 11) is -3.97. The topological polar surface area (TPSA) is 104 Å². The van der Waals surface area contributed by atoms with Crippen LogP contribution in [0.1, 0.15) is 48.7 Å². The molecule has 0 saturated carbocycles. The molecule has 0 fully saturated rings. The highest BCUT2D eigenvalue weighted by molar-refractivity contribution is 7.92. The van der Waals surface area contributed by atoms with E-state index in [2.05, 4.69) is 5.32 Å². The Morgan fingerprint density at radius 2 is 1.64 bits per heavy atom. The zero-order valence-corrected chi connectivity index (χ0v) is 26.3. The largest absolute Gasteiger partial charge is 0.352 e. The van der Waals surface area contributed by atoms with Crippen LogP contribution in [0.25, 0.3) is 0 Å². The molecule has 0 unspecified atom stereocenters. The van der Waals surface area contributed by atoms with Crippen LogP contribution in [-0.4, -0.2) is 55.8 Å². The van der Waals surface area contributed by atoms with E-state index in [1.54, 1.807) is 30.3 Å². The molecule has 0 aliphatic carbocycles. The highest BCUT2D eigenvalue weighted by atomic mass is 35.5. The lowest BCUT2D eigenvalue weighted by Crippen LogP contribution is -2.54. The van der Waals surface area contributed by atoms with Gasteiger partial charge in [0.05, 0.1) is 11.9 Å². The maximum atomic E-state index is 14.2. The molecule has 2 amide bonds. The fourth-order valence-electron chi connectivity index (χ4n) is 4.32. The number of anilines is 1. The van der Waals surface area contributed by atoms with Gasteiger partial charge in [-0.25, -0.2) is 8.42 Å². The van der Waals surface area contributed by atoms with Gasteiger partial charge < -0.3 is 10.2 Å². The van der Waals surface area contributed by atoms with Crippen molar-refractivity contribution in [3.8, 4) is 0 Å². The summed E-state index contributed by atoms with van der Waals surface area (Å²) in [6, 6.07) is 19.0. The molecule has 42 heavy (non-hydrogen) atoms. The van der Waals surface area contributed by atoms with Crippen LogP contribution in [0.3, 0.4) is 0 Å². The summed E-state index contributed by atoms with van der Waals surface area (Å²) in [6.07, 6.45) is 1.84. The summed E-state index contributed by atoms with van der Waals surface area (Å²) in [5.74, 6) is -1.25. The van der Waals surface area contributed by atoms with Gasteiger partial charge in [0.15, 0.2) is 5.78 Å². The Labute approximate surface area is 257 Å². The molecule has 224 valence electrons. The number of amides is 2. The maximum Gasteiger partial charge on any atom is 0.244 e. The number of hydrogen-bond acceptors (Lipinski definition) is 5. The second kappa shape index (κ2) is 14.7. The molecule has 0 spiro atoms. The maximum absolute atomic E-state index is 14.2. The number of nitrogens with one attached hydrogen (secondary N) is 1. The van der Waals surface area contributed by atoms with Crippen LogP contribution in [0, 0.1) is 0 Å². The van der Waals surface area contributed by atoms with Crippen molar-refractivity contribution in [2.45, 2.75) is 52.2 Å². The second-order valence-electron chi connectivity index (χ2n) is 10.2. The highest BCUT2D eigenvalue weighted by Crippen LogP contribution is 2.26. The Hall–Kier alpha value is -3.40. The number of carbonyl (C=O) groups excluding carboxylic acids is 3. The quantitative estimate of drug-likeness (QED) is 0.250. The van der Waals surface area contributed by atoms with E-state index in [1.165, 1.54) is 24.0 Å². The van der Waals surface area contributed by atoms with Gasteiger partial charge in [-0.2, -0.15) is 0 Å². The van der Waals surface area contributed by atoms with Gasteiger partial charge in [0.25, 0.3) is 0 Å². The Bertz CT molecular complexity index is 1530. The molecule has 3 aromatic rings. The van der Waals surface area contributed by atoms with E-state index in [1.807, 2.05) is 44.2 Å². The van der Waals surface area contributed by atoms with Gasteiger partial charge >= 0.3 is 0 Å². The van der Waals surface area contributed by atoms with Crippen molar-refractivity contribution in [2.75, 3.05) is 17.1 Å². The fourth-order valence-corrected chi connectivity index (χ4v) is 5.63. The number of carbonyl (C=O) groups is 3. The van der Waals surface area contributed by atoms with Crippen LogP contribution < -0.4 is 9.62 Å². The van der Waals surface area contributed by atoms with E-state index in [0.717, 1.165) is 16.1 Å². The number of sulfonamides is 1. The Balaban J connectivity index is 2.11. The van der Waals surface area contributed by atoms with E-state index in [-0.39, 0.29) is 36.4 Å². The number of hydrogen-bond donors (Lipinski definition) is 1. The molecule has 0 heterocycles. The molecule has 0 radical (unpaired) electrons. The summed E-state index contributed by atoms with van der Waals surface area (Å²) in [4.78, 5) is 41.3.